The van der Waals surface area contributed by atoms with E-state index in [0.717, 1.165) is 32.1 Å². The molecule has 5 unspecified atom stereocenters. The van der Waals surface area contributed by atoms with E-state index >= 15 is 0 Å². The lowest BCUT2D eigenvalue weighted by molar-refractivity contribution is -0.125. The first-order valence-electron chi connectivity index (χ1n) is 12.4. The first-order valence-corrected chi connectivity index (χ1v) is 12.4. The Morgan fingerprint density at radius 1 is 1.00 bits per heavy atom. The van der Waals surface area contributed by atoms with Gasteiger partial charge in [0.1, 0.15) is 5.78 Å². The summed E-state index contributed by atoms with van der Waals surface area (Å²) in [5.41, 5.74) is 7.23. The zero-order chi connectivity index (χ0) is 22.3. The van der Waals surface area contributed by atoms with Crippen LogP contribution in [-0.2, 0) is 9.59 Å². The van der Waals surface area contributed by atoms with Crippen molar-refractivity contribution in [3.05, 3.63) is 58.2 Å². The minimum atomic E-state index is 0.0990. The second kappa shape index (κ2) is 8.52. The minimum absolute atomic E-state index is 0.0990. The molecule has 4 aliphatic carbocycles. The lowest BCUT2D eigenvalue weighted by atomic mass is 9.51. The Hall–Kier alpha value is -1.96. The summed E-state index contributed by atoms with van der Waals surface area (Å²) in [6.45, 7) is 10.4. The molecule has 2 saturated carbocycles. The first kappa shape index (κ1) is 22.2. The summed E-state index contributed by atoms with van der Waals surface area (Å²) >= 11 is 0. The summed E-state index contributed by atoms with van der Waals surface area (Å²) in [6, 6.07) is 9.06. The van der Waals surface area contributed by atoms with Gasteiger partial charge in [0.15, 0.2) is 5.78 Å². The average molecular weight is 419 g/mol. The van der Waals surface area contributed by atoms with Crippen LogP contribution in [0, 0.1) is 30.1 Å². The lowest BCUT2D eigenvalue weighted by Gasteiger charge is -2.52. The number of ketones is 2. The Bertz CT molecular complexity index is 932. The molecule has 0 aromatic heterocycles. The monoisotopic (exact) mass is 418 g/mol. The zero-order valence-electron chi connectivity index (χ0n) is 20.0. The standard InChI is InChI=1S/C27H32O2.C2H6/c1-16-4-6-18(7-5-16)23-15-27(3)24(17(2)28)12-13-25(27)22-10-8-19-14-20(29)9-11-21(19)26(22)23;1-2/h4-7,14,22-25H,8-13,15H2,1-3H3;1-2H3. The number of hydrogen-bond acceptors (Lipinski definition) is 2. The van der Waals surface area contributed by atoms with Crippen molar-refractivity contribution in [3.63, 3.8) is 0 Å². The van der Waals surface area contributed by atoms with E-state index < -0.39 is 0 Å². The van der Waals surface area contributed by atoms with E-state index in [9.17, 15) is 9.59 Å². The van der Waals surface area contributed by atoms with E-state index in [1.165, 1.54) is 28.7 Å². The van der Waals surface area contributed by atoms with E-state index in [1.807, 2.05) is 26.8 Å². The number of carbonyl (C=O) groups is 2. The molecule has 4 aliphatic rings. The summed E-state index contributed by atoms with van der Waals surface area (Å²) < 4.78 is 0. The highest BCUT2D eigenvalue weighted by Gasteiger charge is 2.57. The highest BCUT2D eigenvalue weighted by molar-refractivity contribution is 5.93. The zero-order valence-corrected chi connectivity index (χ0v) is 20.0. The number of rotatable bonds is 2. The van der Waals surface area contributed by atoms with Gasteiger partial charge >= 0.3 is 0 Å². The fourth-order valence-corrected chi connectivity index (χ4v) is 7.42. The number of carbonyl (C=O) groups excluding carboxylic acids is 2. The third-order valence-electron chi connectivity index (χ3n) is 8.70. The van der Waals surface area contributed by atoms with Gasteiger partial charge in [-0.15, -0.1) is 0 Å². The van der Waals surface area contributed by atoms with Crippen molar-refractivity contribution in [2.45, 2.75) is 85.5 Å². The second-order valence-corrected chi connectivity index (χ2v) is 10.2. The van der Waals surface area contributed by atoms with Crippen molar-refractivity contribution in [2.24, 2.45) is 23.2 Å². The molecule has 2 nitrogen and oxygen atoms in total. The van der Waals surface area contributed by atoms with Gasteiger partial charge in [0, 0.05) is 18.3 Å². The van der Waals surface area contributed by atoms with Crippen LogP contribution in [-0.4, -0.2) is 11.6 Å². The Morgan fingerprint density at radius 3 is 2.39 bits per heavy atom. The number of hydrogen-bond donors (Lipinski definition) is 0. The minimum Gasteiger partial charge on any atom is -0.300 e. The van der Waals surface area contributed by atoms with Gasteiger partial charge in [0.25, 0.3) is 0 Å². The van der Waals surface area contributed by atoms with Crippen molar-refractivity contribution < 1.29 is 9.59 Å². The van der Waals surface area contributed by atoms with E-state index in [4.69, 9.17) is 0 Å². The molecule has 31 heavy (non-hydrogen) atoms. The summed E-state index contributed by atoms with van der Waals surface area (Å²) in [7, 11) is 0. The Balaban J connectivity index is 0.00000112. The van der Waals surface area contributed by atoms with Crippen LogP contribution in [0.25, 0.3) is 0 Å². The molecule has 2 heteroatoms. The van der Waals surface area contributed by atoms with Crippen LogP contribution in [0.4, 0.5) is 0 Å². The van der Waals surface area contributed by atoms with Crippen LogP contribution < -0.4 is 0 Å². The van der Waals surface area contributed by atoms with Gasteiger partial charge in [-0.05, 0) is 92.4 Å². The summed E-state index contributed by atoms with van der Waals surface area (Å²) in [5.74, 6) is 2.45. The first-order chi connectivity index (χ1) is 14.9. The molecule has 5 rings (SSSR count). The Kier molecular flexibility index (Phi) is 6.12. The quantitative estimate of drug-likeness (QED) is 0.512. The van der Waals surface area contributed by atoms with Crippen molar-refractivity contribution in [2.75, 3.05) is 0 Å². The number of benzene rings is 1. The molecular formula is C29H38O2. The maximum absolute atomic E-state index is 12.6. The fourth-order valence-electron chi connectivity index (χ4n) is 7.42. The van der Waals surface area contributed by atoms with Crippen LogP contribution >= 0.6 is 0 Å². The van der Waals surface area contributed by atoms with Crippen LogP contribution in [0.5, 0.6) is 0 Å². The molecule has 1 aromatic carbocycles. The van der Waals surface area contributed by atoms with E-state index in [0.29, 0.717) is 35.7 Å². The maximum atomic E-state index is 12.6. The van der Waals surface area contributed by atoms with Crippen molar-refractivity contribution in [3.8, 4) is 0 Å². The van der Waals surface area contributed by atoms with Gasteiger partial charge in [-0.3, -0.25) is 9.59 Å². The molecule has 0 aliphatic heterocycles. The van der Waals surface area contributed by atoms with Crippen molar-refractivity contribution in [1.82, 2.24) is 0 Å². The smallest absolute Gasteiger partial charge is 0.156 e. The molecule has 2 fully saturated rings. The molecule has 0 spiro atoms. The predicted molar refractivity (Wildman–Crippen MR) is 127 cm³/mol. The molecule has 0 N–H and O–H groups in total. The number of allylic oxidation sites excluding steroid dienone is 4. The Morgan fingerprint density at radius 2 is 1.71 bits per heavy atom. The molecule has 1 aromatic rings. The van der Waals surface area contributed by atoms with Gasteiger partial charge in [0.2, 0.25) is 0 Å². The lowest BCUT2D eigenvalue weighted by Crippen LogP contribution is -2.44. The number of fused-ring (bicyclic) bond motifs is 4. The third kappa shape index (κ3) is 3.66. The summed E-state index contributed by atoms with van der Waals surface area (Å²) in [4.78, 5) is 24.6. The van der Waals surface area contributed by atoms with Gasteiger partial charge < -0.3 is 0 Å². The van der Waals surface area contributed by atoms with Crippen LogP contribution in [0.3, 0.4) is 0 Å². The van der Waals surface area contributed by atoms with Gasteiger partial charge in [-0.1, -0.05) is 56.2 Å². The molecule has 0 bridgehead atoms. The fraction of sp³-hybridized carbons (Fsp3) is 0.586. The summed E-state index contributed by atoms with van der Waals surface area (Å²) in [6.07, 6.45) is 9.00. The SMILES string of the molecule is CC.CC(=O)C1CCC2C3CCC4=CC(=O)CCC4=C3C(c3ccc(C)cc3)CC12C. The maximum Gasteiger partial charge on any atom is 0.156 e. The molecule has 0 saturated heterocycles. The summed E-state index contributed by atoms with van der Waals surface area (Å²) in [5, 5.41) is 0. The van der Waals surface area contributed by atoms with Crippen LogP contribution in [0.2, 0.25) is 0 Å². The largest absolute Gasteiger partial charge is 0.300 e. The molecular weight excluding hydrogens is 380 g/mol. The predicted octanol–water partition coefficient (Wildman–Crippen LogP) is 7.13. The highest BCUT2D eigenvalue weighted by atomic mass is 16.1. The third-order valence-corrected chi connectivity index (χ3v) is 8.70. The van der Waals surface area contributed by atoms with Crippen molar-refractivity contribution >= 4 is 11.6 Å². The molecule has 0 heterocycles. The van der Waals surface area contributed by atoms with E-state index in [-0.39, 0.29) is 11.3 Å². The molecule has 0 radical (unpaired) electrons. The Labute approximate surface area is 188 Å². The second-order valence-electron chi connectivity index (χ2n) is 10.2. The molecule has 5 atom stereocenters. The van der Waals surface area contributed by atoms with E-state index in [1.54, 1.807) is 5.57 Å². The number of aryl methyl sites for hydroxylation is 1. The topological polar surface area (TPSA) is 34.1 Å². The van der Waals surface area contributed by atoms with Gasteiger partial charge in [-0.2, -0.15) is 0 Å². The average Bonchev–Trinajstić information content (AvgIpc) is 3.12. The number of Topliss-reactive ketones (excluding diaryl/α,β-unsaturated/α-hetero) is 1. The van der Waals surface area contributed by atoms with Gasteiger partial charge in [0.05, 0.1) is 0 Å². The van der Waals surface area contributed by atoms with Gasteiger partial charge in [-0.25, -0.2) is 0 Å². The van der Waals surface area contributed by atoms with Crippen molar-refractivity contribution in [1.29, 1.82) is 0 Å². The highest BCUT2D eigenvalue weighted by Crippen LogP contribution is 2.65. The van der Waals surface area contributed by atoms with Crippen LogP contribution in [0.15, 0.2) is 47.1 Å². The van der Waals surface area contributed by atoms with Crippen LogP contribution in [0.1, 0.15) is 89.7 Å². The molecule has 166 valence electrons. The van der Waals surface area contributed by atoms with E-state index in [2.05, 4.69) is 38.1 Å². The normalized spacial score (nSPS) is 34.1. The molecule has 0 amide bonds.